The van der Waals surface area contributed by atoms with E-state index in [1.807, 2.05) is 12.1 Å². The van der Waals surface area contributed by atoms with E-state index >= 15 is 0 Å². The van der Waals surface area contributed by atoms with Gasteiger partial charge in [-0.25, -0.2) is 0 Å². The van der Waals surface area contributed by atoms with Crippen molar-refractivity contribution in [1.29, 1.82) is 0 Å². The Balaban J connectivity index is 2.28. The quantitative estimate of drug-likeness (QED) is 0.880. The molecule has 0 radical (unpaired) electrons. The van der Waals surface area contributed by atoms with Crippen LogP contribution >= 0.6 is 15.9 Å². The van der Waals surface area contributed by atoms with Crippen LogP contribution in [0.2, 0.25) is 0 Å². The molecule has 0 amide bonds. The fourth-order valence-electron chi connectivity index (χ4n) is 1.10. The van der Waals surface area contributed by atoms with Crippen molar-refractivity contribution in [3.8, 4) is 0 Å². The molecular weight excluding hydrogens is 234 g/mol. The predicted octanol–water partition coefficient (Wildman–Crippen LogP) is 2.68. The molecule has 2 aromatic rings. The van der Waals surface area contributed by atoms with E-state index in [0.717, 1.165) is 0 Å². The van der Waals surface area contributed by atoms with E-state index in [-0.39, 0.29) is 6.04 Å². The molecule has 2 N–H and O–H groups in total. The second-order valence-electron chi connectivity index (χ2n) is 2.63. The highest BCUT2D eigenvalue weighted by Gasteiger charge is 2.14. The lowest BCUT2D eigenvalue weighted by Gasteiger charge is -2.03. The van der Waals surface area contributed by atoms with Gasteiger partial charge in [-0.05, 0) is 40.2 Å². The van der Waals surface area contributed by atoms with Crippen LogP contribution in [0.1, 0.15) is 17.6 Å². The van der Waals surface area contributed by atoms with E-state index < -0.39 is 0 Å². The minimum atomic E-state index is -0.332. The van der Waals surface area contributed by atoms with Gasteiger partial charge in [0.2, 0.25) is 0 Å². The fraction of sp³-hybridized carbons (Fsp3) is 0.111. The molecule has 1 atom stereocenters. The van der Waals surface area contributed by atoms with Gasteiger partial charge in [0, 0.05) is 0 Å². The van der Waals surface area contributed by atoms with E-state index in [9.17, 15) is 0 Å². The molecule has 4 heteroatoms. The standard InChI is InChI=1S/C9H8BrNO2/c10-8-4-3-7(13-8)9(11)6-2-1-5-12-6/h1-5,9H,11H2. The van der Waals surface area contributed by atoms with Crippen LogP contribution in [-0.2, 0) is 0 Å². The average Bonchev–Trinajstić information content (AvgIpc) is 2.72. The maximum Gasteiger partial charge on any atom is 0.169 e. The van der Waals surface area contributed by atoms with E-state index in [2.05, 4.69) is 15.9 Å². The van der Waals surface area contributed by atoms with Gasteiger partial charge in [-0.2, -0.15) is 0 Å². The van der Waals surface area contributed by atoms with Gasteiger partial charge >= 0.3 is 0 Å². The fourth-order valence-corrected chi connectivity index (χ4v) is 1.42. The van der Waals surface area contributed by atoms with Crippen molar-refractivity contribution >= 4 is 15.9 Å². The maximum absolute atomic E-state index is 5.87. The molecule has 1 unspecified atom stereocenters. The van der Waals surface area contributed by atoms with Crippen LogP contribution in [0.15, 0.2) is 44.0 Å². The molecule has 0 bridgehead atoms. The summed E-state index contributed by atoms with van der Waals surface area (Å²) in [5.41, 5.74) is 5.87. The second-order valence-corrected chi connectivity index (χ2v) is 3.42. The number of rotatable bonds is 2. The second kappa shape index (κ2) is 3.40. The van der Waals surface area contributed by atoms with Crippen molar-refractivity contribution in [3.63, 3.8) is 0 Å². The summed E-state index contributed by atoms with van der Waals surface area (Å²) in [6.45, 7) is 0. The molecular formula is C9H8BrNO2. The van der Waals surface area contributed by atoms with Gasteiger partial charge < -0.3 is 14.6 Å². The monoisotopic (exact) mass is 241 g/mol. The molecule has 0 aliphatic rings. The lowest BCUT2D eigenvalue weighted by atomic mass is 10.2. The molecule has 0 aromatic carbocycles. The van der Waals surface area contributed by atoms with E-state index in [0.29, 0.717) is 16.2 Å². The van der Waals surface area contributed by atoms with Crippen LogP contribution in [0.4, 0.5) is 0 Å². The predicted molar refractivity (Wildman–Crippen MR) is 51.1 cm³/mol. The van der Waals surface area contributed by atoms with E-state index in [1.54, 1.807) is 18.4 Å². The Morgan fingerprint density at radius 1 is 1.23 bits per heavy atom. The van der Waals surface area contributed by atoms with Crippen LogP contribution in [-0.4, -0.2) is 0 Å². The van der Waals surface area contributed by atoms with Crippen molar-refractivity contribution in [2.75, 3.05) is 0 Å². The smallest absolute Gasteiger partial charge is 0.169 e. The molecule has 2 rings (SSSR count). The SMILES string of the molecule is NC(c1ccco1)c1ccc(Br)o1. The molecule has 0 fully saturated rings. The first-order valence-electron chi connectivity index (χ1n) is 3.81. The zero-order valence-electron chi connectivity index (χ0n) is 6.74. The lowest BCUT2D eigenvalue weighted by Crippen LogP contribution is -2.09. The first-order chi connectivity index (χ1) is 6.27. The summed E-state index contributed by atoms with van der Waals surface area (Å²) in [7, 11) is 0. The zero-order valence-corrected chi connectivity index (χ0v) is 8.32. The van der Waals surface area contributed by atoms with Crippen LogP contribution in [0.3, 0.4) is 0 Å². The Morgan fingerprint density at radius 2 is 2.08 bits per heavy atom. The van der Waals surface area contributed by atoms with Gasteiger partial charge in [-0.1, -0.05) is 0 Å². The van der Waals surface area contributed by atoms with Gasteiger partial charge in [0.1, 0.15) is 17.6 Å². The number of hydrogen-bond acceptors (Lipinski definition) is 3. The van der Waals surface area contributed by atoms with Gasteiger partial charge in [0.25, 0.3) is 0 Å². The van der Waals surface area contributed by atoms with Crippen LogP contribution in [0, 0.1) is 0 Å². The Kier molecular flexibility index (Phi) is 2.24. The molecule has 0 saturated carbocycles. The molecule has 3 nitrogen and oxygen atoms in total. The third-order valence-electron chi connectivity index (χ3n) is 1.75. The molecule has 0 aliphatic carbocycles. The Bertz CT molecular complexity index is 380. The third kappa shape index (κ3) is 1.68. The first kappa shape index (κ1) is 8.59. The Hall–Kier alpha value is -1.000. The average molecular weight is 242 g/mol. The maximum atomic E-state index is 5.87. The highest BCUT2D eigenvalue weighted by atomic mass is 79.9. The first-order valence-corrected chi connectivity index (χ1v) is 4.61. The van der Waals surface area contributed by atoms with Crippen molar-refractivity contribution in [2.24, 2.45) is 5.73 Å². The summed E-state index contributed by atoms with van der Waals surface area (Å²) < 4.78 is 11.1. The summed E-state index contributed by atoms with van der Waals surface area (Å²) in [4.78, 5) is 0. The molecule has 0 aliphatic heterocycles. The normalized spacial score (nSPS) is 13.1. The Morgan fingerprint density at radius 3 is 2.62 bits per heavy atom. The third-order valence-corrected chi connectivity index (χ3v) is 2.18. The van der Waals surface area contributed by atoms with Crippen molar-refractivity contribution < 1.29 is 8.83 Å². The van der Waals surface area contributed by atoms with Crippen LogP contribution < -0.4 is 5.73 Å². The molecule has 2 heterocycles. The van der Waals surface area contributed by atoms with E-state index in [4.69, 9.17) is 14.6 Å². The minimum Gasteiger partial charge on any atom is -0.467 e. The van der Waals surface area contributed by atoms with Crippen LogP contribution in [0.5, 0.6) is 0 Å². The Labute approximate surface area is 83.6 Å². The zero-order chi connectivity index (χ0) is 9.26. The molecule has 0 saturated heterocycles. The highest BCUT2D eigenvalue weighted by molar-refractivity contribution is 9.10. The largest absolute Gasteiger partial charge is 0.467 e. The molecule has 0 spiro atoms. The molecule has 68 valence electrons. The topological polar surface area (TPSA) is 52.3 Å². The van der Waals surface area contributed by atoms with Crippen molar-refractivity contribution in [2.45, 2.75) is 6.04 Å². The number of hydrogen-bond donors (Lipinski definition) is 1. The van der Waals surface area contributed by atoms with Crippen molar-refractivity contribution in [3.05, 3.63) is 46.7 Å². The van der Waals surface area contributed by atoms with Crippen molar-refractivity contribution in [1.82, 2.24) is 0 Å². The summed E-state index contributed by atoms with van der Waals surface area (Å²) in [6, 6.07) is 6.91. The highest BCUT2D eigenvalue weighted by Crippen LogP contribution is 2.24. The number of furan rings is 2. The lowest BCUT2D eigenvalue weighted by molar-refractivity contribution is 0.422. The van der Waals surface area contributed by atoms with Gasteiger partial charge in [0.05, 0.1) is 6.26 Å². The minimum absolute atomic E-state index is 0.332. The summed E-state index contributed by atoms with van der Waals surface area (Å²) in [6.07, 6.45) is 1.59. The summed E-state index contributed by atoms with van der Waals surface area (Å²) >= 11 is 3.21. The summed E-state index contributed by atoms with van der Waals surface area (Å²) in [5.74, 6) is 1.38. The number of nitrogens with two attached hydrogens (primary N) is 1. The molecule has 13 heavy (non-hydrogen) atoms. The molecule has 2 aromatic heterocycles. The van der Waals surface area contributed by atoms with E-state index in [1.165, 1.54) is 0 Å². The number of halogens is 1. The summed E-state index contributed by atoms with van der Waals surface area (Å²) in [5, 5.41) is 0. The van der Waals surface area contributed by atoms with Gasteiger partial charge in [0.15, 0.2) is 4.67 Å². The van der Waals surface area contributed by atoms with Gasteiger partial charge in [-0.3, -0.25) is 0 Å². The van der Waals surface area contributed by atoms with Gasteiger partial charge in [-0.15, -0.1) is 0 Å². The van der Waals surface area contributed by atoms with Crippen LogP contribution in [0.25, 0.3) is 0 Å².